The van der Waals surface area contributed by atoms with Crippen LogP contribution in [0.4, 0.5) is 0 Å². The lowest BCUT2D eigenvalue weighted by Gasteiger charge is -2.19. The second-order valence-corrected chi connectivity index (χ2v) is 8.15. The molecule has 14 nitrogen and oxygen atoms in total. The highest BCUT2D eigenvalue weighted by Crippen LogP contribution is 2.35. The Balaban J connectivity index is 2.95. The highest BCUT2D eigenvalue weighted by atomic mass is 17.5. The van der Waals surface area contributed by atoms with Crippen molar-refractivity contribution in [1.82, 2.24) is 0 Å². The number of esters is 3. The summed E-state index contributed by atoms with van der Waals surface area (Å²) in [5.74, 6) is -0.805. The van der Waals surface area contributed by atoms with Crippen LogP contribution in [0.15, 0.2) is 62.1 Å². The Morgan fingerprint density at radius 2 is 1.36 bits per heavy atom. The Kier molecular flexibility index (Phi) is 22.3. The normalized spacial score (nSPS) is 10.4. The maximum absolute atomic E-state index is 11.8. The van der Waals surface area contributed by atoms with Crippen molar-refractivity contribution in [2.24, 2.45) is 0 Å². The van der Waals surface area contributed by atoms with Crippen LogP contribution in [0.25, 0.3) is 6.08 Å². The zero-order valence-electron chi connectivity index (χ0n) is 25.4. The minimum atomic E-state index is -0.542. The summed E-state index contributed by atoms with van der Waals surface area (Å²) >= 11 is 0. The summed E-state index contributed by atoms with van der Waals surface area (Å²) in [5, 5.41) is 4.43. The molecule has 1 aromatic rings. The molecule has 0 aliphatic carbocycles. The van der Waals surface area contributed by atoms with E-state index in [1.165, 1.54) is 13.2 Å². The molecule has 0 unspecified atom stereocenters. The van der Waals surface area contributed by atoms with Crippen LogP contribution in [0.2, 0.25) is 0 Å². The summed E-state index contributed by atoms with van der Waals surface area (Å²) in [5.41, 5.74) is 3.69. The largest absolute Gasteiger partial charge is 0.487 e. The van der Waals surface area contributed by atoms with E-state index in [-0.39, 0.29) is 72.7 Å². The van der Waals surface area contributed by atoms with Crippen molar-refractivity contribution < 1.29 is 67.1 Å². The first-order valence-corrected chi connectivity index (χ1v) is 13.7. The van der Waals surface area contributed by atoms with Crippen molar-refractivity contribution >= 4 is 24.0 Å². The van der Waals surface area contributed by atoms with Gasteiger partial charge in [0, 0.05) is 30.2 Å². The van der Waals surface area contributed by atoms with Gasteiger partial charge in [-0.3, -0.25) is 0 Å². The summed E-state index contributed by atoms with van der Waals surface area (Å²) in [7, 11) is 1.28. The predicted octanol–water partition coefficient (Wildman–Crippen LogP) is 2.86. The van der Waals surface area contributed by atoms with Crippen molar-refractivity contribution in [2.75, 3.05) is 79.8 Å². The highest BCUT2D eigenvalue weighted by molar-refractivity contribution is 5.87. The molecule has 0 atom stereocenters. The second-order valence-electron chi connectivity index (χ2n) is 8.15. The van der Waals surface area contributed by atoms with Gasteiger partial charge in [0.2, 0.25) is 0 Å². The van der Waals surface area contributed by atoms with Gasteiger partial charge in [-0.25, -0.2) is 14.4 Å². The molecule has 0 radical (unpaired) electrons. The summed E-state index contributed by atoms with van der Waals surface area (Å²) in [6.45, 7) is 11.6. The molecule has 1 aromatic carbocycles. The van der Waals surface area contributed by atoms with Crippen LogP contribution < -0.4 is 9.47 Å². The fourth-order valence-electron chi connectivity index (χ4n) is 3.16. The number of carbonyl (C=O) groups excluding carboxylic acids is 3. The number of benzene rings is 1. The molecule has 0 heterocycles. The SMILES string of the molecule is C=C=COOOCCOCCc1c(/C=C/C(=O)OC)ccc(OCCOCCOC(=O)C=C)c1OCCOCCOC(=O)C=C. The van der Waals surface area contributed by atoms with E-state index >= 15 is 0 Å². The minimum Gasteiger partial charge on any atom is -0.487 e. The third-order valence-corrected chi connectivity index (χ3v) is 5.12. The zero-order valence-corrected chi connectivity index (χ0v) is 25.4. The van der Waals surface area contributed by atoms with Gasteiger partial charge in [-0.05, 0) is 22.7 Å². The number of hydrogen-bond acceptors (Lipinski definition) is 14. The summed E-state index contributed by atoms with van der Waals surface area (Å²) in [6.07, 6.45) is 6.45. The van der Waals surface area contributed by atoms with E-state index in [1.54, 1.807) is 18.2 Å². The van der Waals surface area contributed by atoms with Crippen LogP contribution in [0.3, 0.4) is 0 Å². The Labute approximate surface area is 262 Å². The Morgan fingerprint density at radius 3 is 1.98 bits per heavy atom. The van der Waals surface area contributed by atoms with E-state index in [9.17, 15) is 14.4 Å². The fourth-order valence-corrected chi connectivity index (χ4v) is 3.16. The molecule has 0 saturated carbocycles. The first kappa shape index (κ1) is 38.6. The lowest BCUT2D eigenvalue weighted by atomic mass is 10.0. The number of rotatable bonds is 27. The third kappa shape index (κ3) is 18.8. The minimum absolute atomic E-state index is 0.0637. The lowest BCUT2D eigenvalue weighted by Crippen LogP contribution is -2.15. The molecule has 0 aliphatic heterocycles. The van der Waals surface area contributed by atoms with Crippen LogP contribution in [0, 0.1) is 0 Å². The maximum Gasteiger partial charge on any atom is 0.330 e. The number of ether oxygens (including phenoxy) is 8. The smallest absolute Gasteiger partial charge is 0.330 e. The van der Waals surface area contributed by atoms with Gasteiger partial charge in [-0.15, -0.1) is 0 Å². The van der Waals surface area contributed by atoms with E-state index in [2.05, 4.69) is 35.4 Å². The first-order valence-electron chi connectivity index (χ1n) is 13.7. The van der Waals surface area contributed by atoms with Crippen molar-refractivity contribution in [3.8, 4) is 11.5 Å². The van der Waals surface area contributed by atoms with E-state index in [1.807, 2.05) is 0 Å². The van der Waals surface area contributed by atoms with Crippen LogP contribution in [-0.2, 0) is 64.0 Å². The summed E-state index contributed by atoms with van der Waals surface area (Å²) in [4.78, 5) is 43.4. The van der Waals surface area contributed by atoms with Gasteiger partial charge < -0.3 is 42.8 Å². The average Bonchev–Trinajstić information content (AvgIpc) is 3.05. The number of methoxy groups -OCH3 is 1. The highest BCUT2D eigenvalue weighted by Gasteiger charge is 2.16. The molecule has 0 fully saturated rings. The summed E-state index contributed by atoms with van der Waals surface area (Å²) in [6, 6.07) is 3.46. The Morgan fingerprint density at radius 1 is 0.756 bits per heavy atom. The summed E-state index contributed by atoms with van der Waals surface area (Å²) < 4.78 is 43.1. The molecule has 0 spiro atoms. The van der Waals surface area contributed by atoms with Crippen LogP contribution in [0.1, 0.15) is 11.1 Å². The standard InChI is InChI=1S/C31H40O14/c1-5-13-43-45-44-24-19-36-14-12-26-25(9-11-30(34)35-4)8-10-27(39-20-15-37-16-21-40-28(32)6-2)31(26)42-23-18-38-17-22-41-29(33)7-3/h6-11,13H,1-3,12,14-24H2,4H3/b11-9+. The van der Waals surface area contributed by atoms with E-state index in [4.69, 9.17) is 42.8 Å². The zero-order chi connectivity index (χ0) is 33.0. The van der Waals surface area contributed by atoms with E-state index < -0.39 is 17.9 Å². The average molecular weight is 637 g/mol. The fraction of sp³-hybridized carbons (Fsp3) is 0.419. The molecular formula is C31H40O14. The van der Waals surface area contributed by atoms with Gasteiger partial charge in [0.05, 0.1) is 46.8 Å². The lowest BCUT2D eigenvalue weighted by molar-refractivity contribution is -0.490. The molecule has 0 amide bonds. The van der Waals surface area contributed by atoms with Gasteiger partial charge in [0.1, 0.15) is 33.0 Å². The molecule has 0 N–H and O–H groups in total. The predicted molar refractivity (Wildman–Crippen MR) is 159 cm³/mol. The van der Waals surface area contributed by atoms with E-state index in [0.29, 0.717) is 29.0 Å². The molecule has 1 rings (SSSR count). The Hall–Kier alpha value is -4.43. The topological polar surface area (TPSA) is 153 Å². The van der Waals surface area contributed by atoms with Gasteiger partial charge in [0.25, 0.3) is 0 Å². The quantitative estimate of drug-likeness (QED) is 0.0203. The van der Waals surface area contributed by atoms with Gasteiger partial charge in [0.15, 0.2) is 17.8 Å². The molecule has 45 heavy (non-hydrogen) atoms. The molecule has 0 aliphatic rings. The molecular weight excluding hydrogens is 596 g/mol. The van der Waals surface area contributed by atoms with Gasteiger partial charge in [-0.2, -0.15) is 4.89 Å². The molecule has 0 saturated heterocycles. The molecule has 248 valence electrons. The second kappa shape index (κ2) is 26.0. The van der Waals surface area contributed by atoms with Crippen molar-refractivity contribution in [1.29, 1.82) is 0 Å². The van der Waals surface area contributed by atoms with Crippen LogP contribution in [0.5, 0.6) is 11.5 Å². The number of hydrogen-bond donors (Lipinski definition) is 0. The van der Waals surface area contributed by atoms with Gasteiger partial charge >= 0.3 is 17.9 Å². The van der Waals surface area contributed by atoms with Crippen molar-refractivity contribution in [2.45, 2.75) is 6.42 Å². The molecule has 0 aromatic heterocycles. The molecule has 0 bridgehead atoms. The maximum atomic E-state index is 11.8. The van der Waals surface area contributed by atoms with Crippen LogP contribution >= 0.6 is 0 Å². The molecule has 14 heteroatoms. The first-order chi connectivity index (χ1) is 22.0. The third-order valence-electron chi connectivity index (χ3n) is 5.12. The Bertz CT molecular complexity index is 1120. The van der Waals surface area contributed by atoms with Gasteiger partial charge in [-0.1, -0.05) is 31.5 Å². The van der Waals surface area contributed by atoms with Crippen molar-refractivity contribution in [3.63, 3.8) is 0 Å². The number of carbonyl (C=O) groups is 3. The van der Waals surface area contributed by atoms with Crippen LogP contribution in [-0.4, -0.2) is 97.7 Å². The van der Waals surface area contributed by atoms with E-state index in [0.717, 1.165) is 18.4 Å². The monoisotopic (exact) mass is 636 g/mol. The van der Waals surface area contributed by atoms with Crippen molar-refractivity contribution in [3.05, 3.63) is 73.2 Å².